The summed E-state index contributed by atoms with van der Waals surface area (Å²) < 4.78 is 44.6. The highest BCUT2D eigenvalue weighted by molar-refractivity contribution is 5.94. The summed E-state index contributed by atoms with van der Waals surface area (Å²) in [6.45, 7) is 1.69. The number of rotatable bonds is 4. The molecular formula is C16H14F3NO2. The van der Waals surface area contributed by atoms with Crippen LogP contribution in [0, 0.1) is 17.5 Å². The van der Waals surface area contributed by atoms with Crippen LogP contribution in [0.3, 0.4) is 0 Å². The molecule has 1 N–H and O–H groups in total. The zero-order chi connectivity index (χ0) is 16.3. The van der Waals surface area contributed by atoms with E-state index in [0.717, 1.165) is 11.6 Å². The molecule has 0 aliphatic rings. The van der Waals surface area contributed by atoms with Crippen LogP contribution in [0.1, 0.15) is 28.9 Å². The molecule has 0 unspecified atom stereocenters. The van der Waals surface area contributed by atoms with E-state index in [9.17, 15) is 18.0 Å². The molecule has 2 rings (SSSR count). The predicted octanol–water partition coefficient (Wildman–Crippen LogP) is 3.60. The Kier molecular flexibility index (Phi) is 4.70. The summed E-state index contributed by atoms with van der Waals surface area (Å²) >= 11 is 0. The van der Waals surface area contributed by atoms with Gasteiger partial charge in [-0.15, -0.1) is 0 Å². The van der Waals surface area contributed by atoms with Crippen LogP contribution in [0.2, 0.25) is 0 Å². The number of amides is 1. The van der Waals surface area contributed by atoms with Gasteiger partial charge in [-0.2, -0.15) is 0 Å². The highest BCUT2D eigenvalue weighted by Gasteiger charge is 2.20. The van der Waals surface area contributed by atoms with Gasteiger partial charge in [-0.3, -0.25) is 4.79 Å². The second-order valence-corrected chi connectivity index (χ2v) is 4.69. The molecule has 0 heterocycles. The van der Waals surface area contributed by atoms with Crippen molar-refractivity contribution in [1.29, 1.82) is 0 Å². The Morgan fingerprint density at radius 1 is 1.05 bits per heavy atom. The van der Waals surface area contributed by atoms with Gasteiger partial charge in [0.25, 0.3) is 5.91 Å². The lowest BCUT2D eigenvalue weighted by molar-refractivity contribution is 0.0934. The molecule has 0 fully saturated rings. The first-order valence-electron chi connectivity index (χ1n) is 6.52. The minimum atomic E-state index is -1.66. The van der Waals surface area contributed by atoms with E-state index in [0.29, 0.717) is 11.8 Å². The summed E-state index contributed by atoms with van der Waals surface area (Å²) in [5.41, 5.74) is 0.219. The van der Waals surface area contributed by atoms with E-state index in [2.05, 4.69) is 5.32 Å². The average molecular weight is 309 g/mol. The van der Waals surface area contributed by atoms with Crippen LogP contribution in [0.25, 0.3) is 0 Å². The van der Waals surface area contributed by atoms with Gasteiger partial charge in [0.2, 0.25) is 0 Å². The summed E-state index contributed by atoms with van der Waals surface area (Å²) in [6.07, 6.45) is 0. The Morgan fingerprint density at radius 2 is 1.68 bits per heavy atom. The SMILES string of the molecule is COc1ccc([C@@H](C)NC(=O)c2ccc(F)c(F)c2F)cc1. The van der Waals surface area contributed by atoms with Crippen LogP contribution in [0.15, 0.2) is 36.4 Å². The molecule has 0 aromatic heterocycles. The lowest BCUT2D eigenvalue weighted by atomic mass is 10.1. The third kappa shape index (κ3) is 3.21. The predicted molar refractivity (Wildman–Crippen MR) is 75.2 cm³/mol. The minimum absolute atomic E-state index is 0.439. The molecule has 0 radical (unpaired) electrons. The molecule has 116 valence electrons. The molecule has 0 aliphatic heterocycles. The van der Waals surface area contributed by atoms with Crippen molar-refractivity contribution < 1.29 is 22.7 Å². The van der Waals surface area contributed by atoms with E-state index in [1.165, 1.54) is 7.11 Å². The molecule has 0 spiro atoms. The van der Waals surface area contributed by atoms with Crippen molar-refractivity contribution in [3.8, 4) is 5.75 Å². The van der Waals surface area contributed by atoms with Crippen molar-refractivity contribution in [3.05, 3.63) is 65.0 Å². The van der Waals surface area contributed by atoms with Gasteiger partial charge in [-0.1, -0.05) is 12.1 Å². The molecule has 22 heavy (non-hydrogen) atoms. The first kappa shape index (κ1) is 15.9. The van der Waals surface area contributed by atoms with Crippen molar-refractivity contribution in [2.24, 2.45) is 0 Å². The van der Waals surface area contributed by atoms with Gasteiger partial charge < -0.3 is 10.1 Å². The van der Waals surface area contributed by atoms with Gasteiger partial charge >= 0.3 is 0 Å². The highest BCUT2D eigenvalue weighted by Crippen LogP contribution is 2.19. The third-order valence-corrected chi connectivity index (χ3v) is 3.24. The van der Waals surface area contributed by atoms with E-state index >= 15 is 0 Å². The monoisotopic (exact) mass is 309 g/mol. The van der Waals surface area contributed by atoms with Crippen molar-refractivity contribution >= 4 is 5.91 Å². The Balaban J connectivity index is 2.15. The van der Waals surface area contributed by atoms with Gasteiger partial charge in [0.1, 0.15) is 5.75 Å². The maximum Gasteiger partial charge on any atom is 0.254 e. The second kappa shape index (κ2) is 6.51. The number of hydrogen-bond acceptors (Lipinski definition) is 2. The fourth-order valence-electron chi connectivity index (χ4n) is 1.95. The number of methoxy groups -OCH3 is 1. The summed E-state index contributed by atoms with van der Waals surface area (Å²) in [5, 5.41) is 2.53. The largest absolute Gasteiger partial charge is 0.497 e. The highest BCUT2D eigenvalue weighted by atomic mass is 19.2. The first-order chi connectivity index (χ1) is 10.4. The van der Waals surface area contributed by atoms with Gasteiger partial charge in [-0.05, 0) is 36.8 Å². The minimum Gasteiger partial charge on any atom is -0.497 e. The number of halogens is 3. The molecular weight excluding hydrogens is 295 g/mol. The fraction of sp³-hybridized carbons (Fsp3) is 0.188. The fourth-order valence-corrected chi connectivity index (χ4v) is 1.95. The molecule has 3 nitrogen and oxygen atoms in total. The van der Waals surface area contributed by atoms with E-state index in [4.69, 9.17) is 4.74 Å². The smallest absolute Gasteiger partial charge is 0.254 e. The summed E-state index contributed by atoms with van der Waals surface area (Å²) in [7, 11) is 1.53. The van der Waals surface area contributed by atoms with Crippen LogP contribution in [0.5, 0.6) is 5.75 Å². The van der Waals surface area contributed by atoms with Crippen LogP contribution < -0.4 is 10.1 Å². The molecule has 1 amide bonds. The van der Waals surface area contributed by atoms with E-state index in [1.54, 1.807) is 31.2 Å². The van der Waals surface area contributed by atoms with Gasteiger partial charge in [0, 0.05) is 0 Å². The summed E-state index contributed by atoms with van der Waals surface area (Å²) in [5.74, 6) is -4.66. The maximum atomic E-state index is 13.6. The second-order valence-electron chi connectivity index (χ2n) is 4.69. The van der Waals surface area contributed by atoms with Crippen molar-refractivity contribution in [1.82, 2.24) is 5.32 Å². The Morgan fingerprint density at radius 3 is 2.27 bits per heavy atom. The molecule has 0 saturated carbocycles. The molecule has 6 heteroatoms. The van der Waals surface area contributed by atoms with Gasteiger partial charge in [0.15, 0.2) is 17.5 Å². The number of carbonyl (C=O) groups excluding carboxylic acids is 1. The summed E-state index contributed by atoms with van der Waals surface area (Å²) in [6, 6.07) is 8.10. The first-order valence-corrected chi connectivity index (χ1v) is 6.52. The number of carbonyl (C=O) groups is 1. The molecule has 2 aromatic carbocycles. The van der Waals surface area contributed by atoms with Crippen LogP contribution in [-0.2, 0) is 0 Å². The lowest BCUT2D eigenvalue weighted by Gasteiger charge is -2.15. The average Bonchev–Trinajstić information content (AvgIpc) is 2.52. The lowest BCUT2D eigenvalue weighted by Crippen LogP contribution is -2.27. The maximum absolute atomic E-state index is 13.6. The van der Waals surface area contributed by atoms with E-state index < -0.39 is 35.0 Å². The van der Waals surface area contributed by atoms with Crippen LogP contribution in [0.4, 0.5) is 13.2 Å². The Hall–Kier alpha value is -2.50. The normalized spacial score (nSPS) is 11.9. The number of nitrogens with one attached hydrogen (secondary N) is 1. The standard InChI is InChI=1S/C16H14F3NO2/c1-9(10-3-5-11(22-2)6-4-10)20-16(21)12-7-8-13(17)15(19)14(12)18/h3-9H,1-2H3,(H,20,21)/t9-/m1/s1. The van der Waals surface area contributed by atoms with Gasteiger partial charge in [-0.25, -0.2) is 13.2 Å². The zero-order valence-corrected chi connectivity index (χ0v) is 12.0. The Bertz CT molecular complexity index is 687. The third-order valence-electron chi connectivity index (χ3n) is 3.24. The topological polar surface area (TPSA) is 38.3 Å². The van der Waals surface area contributed by atoms with Crippen molar-refractivity contribution in [2.75, 3.05) is 7.11 Å². The Labute approximate surface area is 125 Å². The molecule has 0 aliphatic carbocycles. The van der Waals surface area contributed by atoms with Crippen molar-refractivity contribution in [2.45, 2.75) is 13.0 Å². The number of ether oxygens (including phenoxy) is 1. The molecule has 2 aromatic rings. The summed E-state index contributed by atoms with van der Waals surface area (Å²) in [4.78, 5) is 12.0. The zero-order valence-electron chi connectivity index (χ0n) is 12.0. The molecule has 0 saturated heterocycles. The quantitative estimate of drug-likeness (QED) is 0.876. The molecule has 1 atom stereocenters. The number of hydrogen-bond donors (Lipinski definition) is 1. The van der Waals surface area contributed by atoms with E-state index in [1.807, 2.05) is 0 Å². The number of benzene rings is 2. The van der Waals surface area contributed by atoms with Gasteiger partial charge in [0.05, 0.1) is 18.7 Å². The molecule has 0 bridgehead atoms. The van der Waals surface area contributed by atoms with Crippen LogP contribution in [-0.4, -0.2) is 13.0 Å². The van der Waals surface area contributed by atoms with Crippen molar-refractivity contribution in [3.63, 3.8) is 0 Å². The van der Waals surface area contributed by atoms with E-state index in [-0.39, 0.29) is 0 Å². The van der Waals surface area contributed by atoms with Crippen LogP contribution >= 0.6 is 0 Å².